The number of likely N-dealkylation sites (tertiary alicyclic amines) is 1. The zero-order valence-electron chi connectivity index (χ0n) is 11.2. The summed E-state index contributed by atoms with van der Waals surface area (Å²) in [7, 11) is 0. The van der Waals surface area contributed by atoms with Crippen molar-refractivity contribution in [2.24, 2.45) is 11.8 Å². The molecular formula is C13H13BrN2O5. The van der Waals surface area contributed by atoms with Gasteiger partial charge in [-0.3, -0.25) is 19.7 Å². The summed E-state index contributed by atoms with van der Waals surface area (Å²) >= 11 is 3.09. The third-order valence-electron chi connectivity index (χ3n) is 3.70. The average molecular weight is 357 g/mol. The summed E-state index contributed by atoms with van der Waals surface area (Å²) in [5.74, 6) is -1.81. The number of nitro groups is 1. The Hall–Kier alpha value is -1.96. The highest BCUT2D eigenvalue weighted by Crippen LogP contribution is 2.32. The van der Waals surface area contributed by atoms with Crippen LogP contribution in [0.4, 0.5) is 5.69 Å². The lowest BCUT2D eigenvalue weighted by Gasteiger charge is -2.41. The first-order valence-corrected chi connectivity index (χ1v) is 7.07. The quantitative estimate of drug-likeness (QED) is 0.657. The van der Waals surface area contributed by atoms with Crippen LogP contribution >= 0.6 is 15.9 Å². The number of rotatable bonds is 4. The van der Waals surface area contributed by atoms with Crippen LogP contribution in [0.1, 0.15) is 17.3 Å². The Labute approximate surface area is 128 Å². The van der Waals surface area contributed by atoms with Crippen molar-refractivity contribution in [3.8, 4) is 0 Å². The first-order valence-electron chi connectivity index (χ1n) is 6.28. The fraction of sp³-hybridized carbons (Fsp3) is 0.385. The van der Waals surface area contributed by atoms with Gasteiger partial charge < -0.3 is 10.0 Å². The lowest BCUT2D eigenvalue weighted by Crippen LogP contribution is -2.53. The van der Waals surface area contributed by atoms with Crippen molar-refractivity contribution in [3.63, 3.8) is 0 Å². The van der Waals surface area contributed by atoms with Gasteiger partial charge in [-0.05, 0) is 22.0 Å². The highest BCUT2D eigenvalue weighted by atomic mass is 79.9. The van der Waals surface area contributed by atoms with Gasteiger partial charge in [0.1, 0.15) is 4.47 Å². The van der Waals surface area contributed by atoms with Crippen LogP contribution in [0.15, 0.2) is 22.7 Å². The summed E-state index contributed by atoms with van der Waals surface area (Å²) in [5, 5.41) is 19.8. The highest BCUT2D eigenvalue weighted by Gasteiger charge is 2.38. The van der Waals surface area contributed by atoms with Crippen LogP contribution in [0.3, 0.4) is 0 Å². The molecule has 0 aliphatic carbocycles. The SMILES string of the molecule is CC(C(=O)O)C1CN(C(=O)c2cccc([N+](=O)[O-])c2Br)C1. The maximum absolute atomic E-state index is 12.3. The molecular weight excluding hydrogens is 344 g/mol. The predicted octanol–water partition coefficient (Wildman–Crippen LogP) is 2.15. The normalized spacial score (nSPS) is 16.2. The van der Waals surface area contributed by atoms with E-state index in [1.807, 2.05) is 0 Å². The number of nitrogens with zero attached hydrogens (tertiary/aromatic N) is 2. The Morgan fingerprint density at radius 1 is 1.48 bits per heavy atom. The Morgan fingerprint density at radius 3 is 2.62 bits per heavy atom. The smallest absolute Gasteiger partial charge is 0.306 e. The fourth-order valence-corrected chi connectivity index (χ4v) is 2.77. The molecule has 1 aliphatic rings. The average Bonchev–Trinajstić information content (AvgIpc) is 2.36. The lowest BCUT2D eigenvalue weighted by molar-refractivity contribution is -0.385. The van der Waals surface area contributed by atoms with E-state index in [0.29, 0.717) is 13.1 Å². The van der Waals surface area contributed by atoms with E-state index in [0.717, 1.165) is 0 Å². The van der Waals surface area contributed by atoms with Gasteiger partial charge in [-0.15, -0.1) is 0 Å². The first kappa shape index (κ1) is 15.4. The van der Waals surface area contributed by atoms with Crippen molar-refractivity contribution < 1.29 is 19.6 Å². The van der Waals surface area contributed by atoms with Crippen LogP contribution in [0.25, 0.3) is 0 Å². The molecule has 112 valence electrons. The second-order valence-corrected chi connectivity index (χ2v) is 5.79. The molecule has 0 bridgehead atoms. The van der Waals surface area contributed by atoms with Crippen molar-refractivity contribution in [2.45, 2.75) is 6.92 Å². The topological polar surface area (TPSA) is 101 Å². The summed E-state index contributed by atoms with van der Waals surface area (Å²) in [6.07, 6.45) is 0. The van der Waals surface area contributed by atoms with E-state index in [1.54, 1.807) is 6.92 Å². The number of nitro benzene ring substituents is 1. The number of carbonyl (C=O) groups excluding carboxylic acids is 1. The number of carbonyl (C=O) groups is 2. The summed E-state index contributed by atoms with van der Waals surface area (Å²) in [6.45, 7) is 2.31. The van der Waals surface area contributed by atoms with Crippen LogP contribution < -0.4 is 0 Å². The number of amides is 1. The number of halogens is 1. The zero-order valence-corrected chi connectivity index (χ0v) is 12.7. The molecule has 7 nitrogen and oxygen atoms in total. The van der Waals surface area contributed by atoms with Crippen molar-refractivity contribution in [1.82, 2.24) is 4.90 Å². The van der Waals surface area contributed by atoms with E-state index in [1.165, 1.54) is 23.1 Å². The lowest BCUT2D eigenvalue weighted by atomic mass is 9.86. The van der Waals surface area contributed by atoms with Gasteiger partial charge in [0.15, 0.2) is 0 Å². The molecule has 1 heterocycles. The van der Waals surface area contributed by atoms with E-state index in [9.17, 15) is 19.7 Å². The third-order valence-corrected chi connectivity index (χ3v) is 4.53. The van der Waals surface area contributed by atoms with Crippen LogP contribution in [0, 0.1) is 22.0 Å². The van der Waals surface area contributed by atoms with E-state index < -0.39 is 16.8 Å². The van der Waals surface area contributed by atoms with Crippen molar-refractivity contribution in [3.05, 3.63) is 38.3 Å². The Bertz CT molecular complexity index is 613. The fourth-order valence-electron chi connectivity index (χ4n) is 2.19. The van der Waals surface area contributed by atoms with E-state index in [4.69, 9.17) is 5.11 Å². The number of aliphatic carboxylic acids is 1. The van der Waals surface area contributed by atoms with Crippen molar-refractivity contribution in [2.75, 3.05) is 13.1 Å². The molecule has 1 aliphatic heterocycles. The van der Waals surface area contributed by atoms with E-state index in [-0.39, 0.29) is 27.5 Å². The van der Waals surface area contributed by atoms with Crippen molar-refractivity contribution in [1.29, 1.82) is 0 Å². The Kier molecular flexibility index (Phi) is 4.26. The molecule has 1 amide bonds. The summed E-state index contributed by atoms with van der Waals surface area (Å²) in [5.41, 5.74) is 0.0439. The molecule has 0 aromatic heterocycles. The zero-order chi connectivity index (χ0) is 15.7. The van der Waals surface area contributed by atoms with E-state index in [2.05, 4.69) is 15.9 Å². The van der Waals surface area contributed by atoms with Gasteiger partial charge in [-0.2, -0.15) is 0 Å². The van der Waals surface area contributed by atoms with Crippen LogP contribution in [-0.4, -0.2) is 39.9 Å². The molecule has 0 radical (unpaired) electrons. The summed E-state index contributed by atoms with van der Waals surface area (Å²) < 4.78 is 0.148. The van der Waals surface area contributed by atoms with Crippen molar-refractivity contribution >= 4 is 33.5 Å². The predicted molar refractivity (Wildman–Crippen MR) is 77.0 cm³/mol. The number of hydrogen-bond acceptors (Lipinski definition) is 4. The van der Waals surface area contributed by atoms with Gasteiger partial charge in [0.2, 0.25) is 0 Å². The second kappa shape index (κ2) is 5.80. The molecule has 1 aromatic rings. The highest BCUT2D eigenvalue weighted by molar-refractivity contribution is 9.10. The molecule has 1 aromatic carbocycles. The minimum absolute atomic E-state index is 0.0797. The molecule has 1 N–H and O–H groups in total. The minimum atomic E-state index is -0.886. The number of carboxylic acids is 1. The van der Waals surface area contributed by atoms with Gasteiger partial charge >= 0.3 is 5.97 Å². The molecule has 1 atom stereocenters. The Balaban J connectivity index is 2.12. The molecule has 1 unspecified atom stereocenters. The molecule has 2 rings (SSSR count). The van der Waals surface area contributed by atoms with Crippen LogP contribution in [-0.2, 0) is 4.79 Å². The van der Waals surface area contributed by atoms with Gasteiger partial charge in [0, 0.05) is 25.1 Å². The number of benzene rings is 1. The molecule has 1 fully saturated rings. The van der Waals surface area contributed by atoms with Crippen LogP contribution in [0.5, 0.6) is 0 Å². The van der Waals surface area contributed by atoms with E-state index >= 15 is 0 Å². The molecule has 0 saturated carbocycles. The minimum Gasteiger partial charge on any atom is -0.481 e. The molecule has 0 spiro atoms. The summed E-state index contributed by atoms with van der Waals surface area (Å²) in [4.78, 5) is 34.9. The van der Waals surface area contributed by atoms with Gasteiger partial charge in [0.05, 0.1) is 16.4 Å². The van der Waals surface area contributed by atoms with Crippen LogP contribution in [0.2, 0.25) is 0 Å². The van der Waals surface area contributed by atoms with Gasteiger partial charge in [0.25, 0.3) is 11.6 Å². The molecule has 8 heteroatoms. The number of hydrogen-bond donors (Lipinski definition) is 1. The summed E-state index contributed by atoms with van der Waals surface area (Å²) in [6, 6.07) is 4.27. The molecule has 1 saturated heterocycles. The Morgan fingerprint density at radius 2 is 2.10 bits per heavy atom. The monoisotopic (exact) mass is 356 g/mol. The third kappa shape index (κ3) is 2.90. The largest absolute Gasteiger partial charge is 0.481 e. The first-order chi connectivity index (χ1) is 9.82. The van der Waals surface area contributed by atoms with Gasteiger partial charge in [-0.25, -0.2) is 0 Å². The maximum atomic E-state index is 12.3. The molecule has 21 heavy (non-hydrogen) atoms. The second-order valence-electron chi connectivity index (χ2n) is 4.99. The standard InChI is InChI=1S/C13H13BrN2O5/c1-7(13(18)19)8-5-15(6-8)12(17)9-3-2-4-10(11(9)14)16(20)21/h2-4,7-8H,5-6H2,1H3,(H,18,19). The number of carboxylic acid groups (broad SMARTS) is 1. The van der Waals surface area contributed by atoms with Gasteiger partial charge in [-0.1, -0.05) is 13.0 Å². The maximum Gasteiger partial charge on any atom is 0.306 e.